The number of nitrogens with zero attached hydrogens (tertiary/aromatic N) is 4. The molecular formula is C15H22N6O. The fourth-order valence-electron chi connectivity index (χ4n) is 2.13. The highest BCUT2D eigenvalue weighted by molar-refractivity contribution is 5.74. The molecule has 0 fully saturated rings. The average Bonchev–Trinajstić information content (AvgIpc) is 3.02. The minimum absolute atomic E-state index is 0.133. The van der Waals surface area contributed by atoms with Gasteiger partial charge in [-0.3, -0.25) is 0 Å². The number of hydrogen-bond acceptors (Lipinski definition) is 4. The van der Waals surface area contributed by atoms with Gasteiger partial charge in [0.05, 0.1) is 0 Å². The van der Waals surface area contributed by atoms with Crippen LogP contribution in [0.3, 0.4) is 0 Å². The number of amides is 2. The van der Waals surface area contributed by atoms with Gasteiger partial charge < -0.3 is 15.2 Å². The largest absolute Gasteiger partial charge is 0.336 e. The zero-order chi connectivity index (χ0) is 15.8. The summed E-state index contributed by atoms with van der Waals surface area (Å²) in [5, 5.41) is 5.80. The number of urea groups is 1. The Morgan fingerprint density at radius 1 is 1.18 bits per heavy atom. The molecule has 118 valence electrons. The van der Waals surface area contributed by atoms with Crippen LogP contribution in [0.25, 0.3) is 11.6 Å². The second kappa shape index (κ2) is 8.11. The van der Waals surface area contributed by atoms with Crippen molar-refractivity contribution in [2.45, 2.75) is 39.3 Å². The molecule has 2 heterocycles. The van der Waals surface area contributed by atoms with Crippen molar-refractivity contribution in [1.29, 1.82) is 0 Å². The third-order valence-corrected chi connectivity index (χ3v) is 3.44. The maximum Gasteiger partial charge on any atom is 0.315 e. The van der Waals surface area contributed by atoms with Gasteiger partial charge >= 0.3 is 6.03 Å². The maximum atomic E-state index is 11.8. The summed E-state index contributed by atoms with van der Waals surface area (Å²) in [7, 11) is 0. The van der Waals surface area contributed by atoms with E-state index in [4.69, 9.17) is 0 Å². The molecule has 0 radical (unpaired) electrons. The van der Waals surface area contributed by atoms with Crippen LogP contribution in [0.4, 0.5) is 4.79 Å². The quantitative estimate of drug-likeness (QED) is 0.817. The van der Waals surface area contributed by atoms with Gasteiger partial charge in [0, 0.05) is 43.9 Å². The van der Waals surface area contributed by atoms with Crippen molar-refractivity contribution in [1.82, 2.24) is 30.2 Å². The second-order valence-corrected chi connectivity index (χ2v) is 4.93. The molecule has 2 amide bonds. The lowest BCUT2D eigenvalue weighted by atomic mass is 10.2. The zero-order valence-corrected chi connectivity index (χ0v) is 13.0. The Bertz CT molecular complexity index is 579. The van der Waals surface area contributed by atoms with Gasteiger partial charge in [0.1, 0.15) is 0 Å². The Kier molecular flexibility index (Phi) is 5.88. The van der Waals surface area contributed by atoms with Gasteiger partial charge in [-0.05, 0) is 18.9 Å². The molecule has 2 N–H and O–H groups in total. The summed E-state index contributed by atoms with van der Waals surface area (Å²) in [6.45, 7) is 5.25. The van der Waals surface area contributed by atoms with Gasteiger partial charge in [0.25, 0.3) is 0 Å². The Balaban J connectivity index is 1.86. The minimum atomic E-state index is -0.133. The van der Waals surface area contributed by atoms with Crippen molar-refractivity contribution in [2.75, 3.05) is 6.54 Å². The highest BCUT2D eigenvalue weighted by Gasteiger charge is 2.10. The van der Waals surface area contributed by atoms with Crippen LogP contribution in [0.5, 0.6) is 0 Å². The number of hydrogen-bond donors (Lipinski definition) is 2. The fraction of sp³-hybridized carbons (Fsp3) is 0.467. The topological polar surface area (TPSA) is 84.7 Å². The first kappa shape index (κ1) is 15.9. The van der Waals surface area contributed by atoms with Crippen molar-refractivity contribution in [3.63, 3.8) is 0 Å². The molecule has 22 heavy (non-hydrogen) atoms. The molecule has 2 aromatic rings. The lowest BCUT2D eigenvalue weighted by Crippen LogP contribution is -2.42. The Hall–Kier alpha value is -2.44. The van der Waals surface area contributed by atoms with E-state index in [9.17, 15) is 4.79 Å². The fourth-order valence-corrected chi connectivity index (χ4v) is 2.13. The van der Waals surface area contributed by atoms with Crippen molar-refractivity contribution in [2.24, 2.45) is 0 Å². The van der Waals surface area contributed by atoms with Crippen molar-refractivity contribution in [3.8, 4) is 11.6 Å². The van der Waals surface area contributed by atoms with Gasteiger partial charge in [-0.1, -0.05) is 13.8 Å². The summed E-state index contributed by atoms with van der Waals surface area (Å²) >= 11 is 0. The van der Waals surface area contributed by atoms with Gasteiger partial charge in [-0.2, -0.15) is 0 Å². The number of nitrogens with one attached hydrogen (secondary N) is 2. The molecule has 7 nitrogen and oxygen atoms in total. The molecule has 2 rings (SSSR count). The van der Waals surface area contributed by atoms with Crippen LogP contribution in [0, 0.1) is 0 Å². The predicted molar refractivity (Wildman–Crippen MR) is 84.2 cm³/mol. The molecule has 0 spiro atoms. The second-order valence-electron chi connectivity index (χ2n) is 4.93. The van der Waals surface area contributed by atoms with Crippen molar-refractivity contribution < 1.29 is 4.79 Å². The van der Waals surface area contributed by atoms with E-state index in [1.807, 2.05) is 10.8 Å². The minimum Gasteiger partial charge on any atom is -0.336 e. The summed E-state index contributed by atoms with van der Waals surface area (Å²) in [6, 6.07) is 1.86. The van der Waals surface area contributed by atoms with Crippen molar-refractivity contribution in [3.05, 3.63) is 30.9 Å². The van der Waals surface area contributed by atoms with E-state index >= 15 is 0 Å². The maximum absolute atomic E-state index is 11.8. The summed E-state index contributed by atoms with van der Waals surface area (Å²) in [4.78, 5) is 24.4. The molecule has 0 atom stereocenters. The van der Waals surface area contributed by atoms with Gasteiger partial charge in [0.15, 0.2) is 11.6 Å². The van der Waals surface area contributed by atoms with Crippen LogP contribution in [0.1, 0.15) is 26.7 Å². The smallest absolute Gasteiger partial charge is 0.315 e. The number of rotatable bonds is 7. The van der Waals surface area contributed by atoms with Gasteiger partial charge in [0.2, 0.25) is 0 Å². The number of imidazole rings is 1. The molecule has 0 bridgehead atoms. The Morgan fingerprint density at radius 3 is 2.59 bits per heavy atom. The lowest BCUT2D eigenvalue weighted by Gasteiger charge is -2.15. The molecule has 0 unspecified atom stereocenters. The Morgan fingerprint density at radius 2 is 1.91 bits per heavy atom. The highest BCUT2D eigenvalue weighted by atomic mass is 16.2. The van der Waals surface area contributed by atoms with Gasteiger partial charge in [-0.15, -0.1) is 0 Å². The summed E-state index contributed by atoms with van der Waals surface area (Å²) in [5.74, 6) is 1.27. The van der Waals surface area contributed by atoms with E-state index in [1.165, 1.54) is 0 Å². The van der Waals surface area contributed by atoms with E-state index in [2.05, 4.69) is 39.4 Å². The highest BCUT2D eigenvalue weighted by Crippen LogP contribution is 2.10. The first-order chi connectivity index (χ1) is 10.7. The predicted octanol–water partition coefficient (Wildman–Crippen LogP) is 1.83. The third-order valence-electron chi connectivity index (χ3n) is 3.44. The van der Waals surface area contributed by atoms with Crippen LogP contribution in [0.15, 0.2) is 30.9 Å². The summed E-state index contributed by atoms with van der Waals surface area (Å²) in [6.07, 6.45) is 8.79. The Labute approximate surface area is 130 Å². The summed E-state index contributed by atoms with van der Waals surface area (Å²) < 4.78 is 1.92. The molecule has 7 heteroatoms. The zero-order valence-electron chi connectivity index (χ0n) is 13.0. The normalized spacial score (nSPS) is 10.7. The van der Waals surface area contributed by atoms with E-state index in [0.29, 0.717) is 24.7 Å². The lowest BCUT2D eigenvalue weighted by molar-refractivity contribution is 0.235. The SMILES string of the molecule is CCC(CC)NC(=O)NCCn1ccnc1-c1ncccn1. The molecule has 0 aromatic carbocycles. The molecule has 0 saturated carbocycles. The molecule has 0 aliphatic rings. The average molecular weight is 302 g/mol. The van der Waals surface area contributed by atoms with Crippen LogP contribution < -0.4 is 10.6 Å². The molecule has 0 aliphatic heterocycles. The molecular weight excluding hydrogens is 280 g/mol. The van der Waals surface area contributed by atoms with E-state index in [1.54, 1.807) is 24.7 Å². The third kappa shape index (κ3) is 4.28. The number of aromatic nitrogens is 4. The standard InChI is InChI=1S/C15H22N6O/c1-3-12(4-2)20-15(22)19-9-11-21-10-8-18-14(21)13-16-6-5-7-17-13/h5-8,10,12H,3-4,9,11H2,1-2H3,(H2,19,20,22). The van der Waals surface area contributed by atoms with E-state index in [0.717, 1.165) is 12.8 Å². The van der Waals surface area contributed by atoms with Crippen molar-refractivity contribution >= 4 is 6.03 Å². The van der Waals surface area contributed by atoms with E-state index < -0.39 is 0 Å². The number of carbonyl (C=O) groups excluding carboxylic acids is 1. The molecule has 2 aromatic heterocycles. The molecule has 0 aliphatic carbocycles. The van der Waals surface area contributed by atoms with Crippen LogP contribution in [-0.2, 0) is 6.54 Å². The van der Waals surface area contributed by atoms with Crippen LogP contribution in [-0.4, -0.2) is 38.1 Å². The number of carbonyl (C=O) groups is 1. The summed E-state index contributed by atoms with van der Waals surface area (Å²) in [5.41, 5.74) is 0. The first-order valence-electron chi connectivity index (χ1n) is 7.57. The first-order valence-corrected chi connectivity index (χ1v) is 7.57. The van der Waals surface area contributed by atoms with Crippen LogP contribution in [0.2, 0.25) is 0 Å². The van der Waals surface area contributed by atoms with Gasteiger partial charge in [-0.25, -0.2) is 19.7 Å². The van der Waals surface area contributed by atoms with E-state index in [-0.39, 0.29) is 12.1 Å². The molecule has 0 saturated heterocycles. The monoisotopic (exact) mass is 302 g/mol. The van der Waals surface area contributed by atoms with Crippen LogP contribution >= 0.6 is 0 Å².